The van der Waals surface area contributed by atoms with E-state index in [0.717, 1.165) is 67.2 Å². The molecular weight excluding hydrogens is 440 g/mol. The van der Waals surface area contributed by atoms with Crippen molar-refractivity contribution in [3.05, 3.63) is 23.3 Å². The van der Waals surface area contributed by atoms with E-state index >= 15 is 0 Å². The highest BCUT2D eigenvalue weighted by Crippen LogP contribution is 2.28. The maximum absolute atomic E-state index is 13.0. The third kappa shape index (κ3) is 6.76. The van der Waals surface area contributed by atoms with Crippen molar-refractivity contribution in [2.45, 2.75) is 50.1 Å². The molecule has 0 bridgehead atoms. The molecule has 1 saturated heterocycles. The Morgan fingerprint density at radius 2 is 1.85 bits per heavy atom. The van der Waals surface area contributed by atoms with Crippen molar-refractivity contribution in [2.24, 2.45) is 0 Å². The summed E-state index contributed by atoms with van der Waals surface area (Å²) in [5, 5.41) is 3.40. The van der Waals surface area contributed by atoms with Gasteiger partial charge in [0.05, 0.1) is 18.6 Å². The molecule has 186 valence electrons. The van der Waals surface area contributed by atoms with Gasteiger partial charge in [0.2, 0.25) is 5.91 Å². The van der Waals surface area contributed by atoms with E-state index in [2.05, 4.69) is 10.2 Å². The summed E-state index contributed by atoms with van der Waals surface area (Å²) in [6, 6.07) is 4.67. The first-order valence-corrected chi connectivity index (χ1v) is 13.0. The van der Waals surface area contributed by atoms with Gasteiger partial charge in [0, 0.05) is 58.9 Å². The van der Waals surface area contributed by atoms with E-state index in [4.69, 9.17) is 9.47 Å². The largest absolute Gasteiger partial charge is 0.497 e. The maximum atomic E-state index is 13.0. The molecule has 1 heterocycles. The van der Waals surface area contributed by atoms with Crippen molar-refractivity contribution in [2.75, 3.05) is 67.1 Å². The number of likely N-dealkylation sites (N-methyl/N-ethyl adjacent to an activating group) is 2. The van der Waals surface area contributed by atoms with E-state index in [1.807, 2.05) is 45.0 Å². The molecule has 9 heteroatoms. The molecule has 2 aliphatic rings. The zero-order valence-electron chi connectivity index (χ0n) is 20.8. The summed E-state index contributed by atoms with van der Waals surface area (Å²) >= 11 is 0. The highest BCUT2D eigenvalue weighted by Gasteiger charge is 2.33. The molecule has 1 saturated carbocycles. The van der Waals surface area contributed by atoms with Crippen molar-refractivity contribution >= 4 is 16.9 Å². The van der Waals surface area contributed by atoms with Crippen LogP contribution in [0.3, 0.4) is 0 Å². The molecule has 3 rings (SSSR count). The number of methoxy groups -OCH3 is 1. The number of ether oxygens (including phenoxy) is 2. The molecule has 1 aliphatic heterocycles. The van der Waals surface area contributed by atoms with E-state index in [1.165, 1.54) is 0 Å². The quantitative estimate of drug-likeness (QED) is 0.513. The van der Waals surface area contributed by atoms with Crippen LogP contribution in [0.15, 0.2) is 17.0 Å². The molecular formula is C24H40N4O4S. The van der Waals surface area contributed by atoms with Crippen LogP contribution in [0, 0.1) is 13.8 Å². The summed E-state index contributed by atoms with van der Waals surface area (Å²) in [5.41, 5.74) is 1.87. The molecule has 1 N–H and O–H groups in total. The summed E-state index contributed by atoms with van der Waals surface area (Å²) in [5.74, 6) is 0.785. The van der Waals surface area contributed by atoms with Crippen molar-refractivity contribution < 1.29 is 18.5 Å². The first kappa shape index (κ1) is 26.1. The number of carbonyl (C=O) groups is 1. The molecule has 2 unspecified atom stereocenters. The Morgan fingerprint density at radius 3 is 2.48 bits per heavy atom. The average molecular weight is 481 g/mol. The Morgan fingerprint density at radius 1 is 1.18 bits per heavy atom. The third-order valence-electron chi connectivity index (χ3n) is 6.89. The Balaban J connectivity index is 1.40. The van der Waals surface area contributed by atoms with Gasteiger partial charge in [-0.05, 0) is 56.4 Å². The van der Waals surface area contributed by atoms with Crippen LogP contribution in [-0.2, 0) is 20.5 Å². The Bertz CT molecular complexity index is 808. The standard InChI is InChI=1S/C24H40N4O4S/c1-18-14-22(31-5)15-19(2)24(18)33(30)26(3)12-13-32-17-23(29)27(4)20-6-7-21(16-20)28-10-8-25-9-11-28/h14-15,20-21,25H,6-13,16-17H2,1-5H3/t20?,21-,33?/m0/s1. The van der Waals surface area contributed by atoms with Crippen molar-refractivity contribution in [1.29, 1.82) is 0 Å². The molecule has 3 atom stereocenters. The molecule has 8 nitrogen and oxygen atoms in total. The number of hydrogen-bond acceptors (Lipinski definition) is 6. The van der Waals surface area contributed by atoms with Gasteiger partial charge in [-0.25, -0.2) is 8.51 Å². The number of hydrogen-bond donors (Lipinski definition) is 1. The average Bonchev–Trinajstić information content (AvgIpc) is 3.31. The van der Waals surface area contributed by atoms with E-state index in [9.17, 15) is 9.00 Å². The predicted octanol–water partition coefficient (Wildman–Crippen LogP) is 1.57. The van der Waals surface area contributed by atoms with Gasteiger partial charge in [-0.15, -0.1) is 0 Å². The number of amides is 1. The lowest BCUT2D eigenvalue weighted by molar-refractivity contribution is -0.136. The second-order valence-electron chi connectivity index (χ2n) is 9.15. The Kier molecular flexibility index (Phi) is 9.69. The van der Waals surface area contributed by atoms with Gasteiger partial charge >= 0.3 is 0 Å². The summed E-state index contributed by atoms with van der Waals surface area (Å²) in [6.45, 7) is 9.08. The number of carbonyl (C=O) groups excluding carboxylic acids is 1. The first-order valence-electron chi connectivity index (χ1n) is 11.9. The molecule has 1 aliphatic carbocycles. The van der Waals surface area contributed by atoms with Gasteiger partial charge in [-0.1, -0.05) is 0 Å². The lowest BCUT2D eigenvalue weighted by Gasteiger charge is -2.33. The second kappa shape index (κ2) is 12.3. The minimum absolute atomic E-state index is 0.0200. The summed E-state index contributed by atoms with van der Waals surface area (Å²) in [7, 11) is 4.04. The molecule has 33 heavy (non-hydrogen) atoms. The molecule has 0 spiro atoms. The third-order valence-corrected chi connectivity index (χ3v) is 8.63. The van der Waals surface area contributed by atoms with Gasteiger partial charge in [0.25, 0.3) is 0 Å². The molecule has 1 amide bonds. The predicted molar refractivity (Wildman–Crippen MR) is 131 cm³/mol. The topological polar surface area (TPSA) is 74.3 Å². The normalized spacial score (nSPS) is 22.5. The lowest BCUT2D eigenvalue weighted by atomic mass is 10.1. The van der Waals surface area contributed by atoms with Crippen LogP contribution in [0.4, 0.5) is 0 Å². The fraction of sp³-hybridized carbons (Fsp3) is 0.708. The molecule has 1 aromatic rings. The van der Waals surface area contributed by atoms with Crippen LogP contribution in [0.1, 0.15) is 30.4 Å². The summed E-state index contributed by atoms with van der Waals surface area (Å²) < 4.78 is 25.7. The van der Waals surface area contributed by atoms with Crippen LogP contribution >= 0.6 is 0 Å². The van der Waals surface area contributed by atoms with E-state index in [-0.39, 0.29) is 18.6 Å². The van der Waals surface area contributed by atoms with Gasteiger partial charge < -0.3 is 19.7 Å². The number of nitrogens with zero attached hydrogens (tertiary/aromatic N) is 3. The Hall–Kier alpha value is -1.52. The van der Waals surface area contributed by atoms with Crippen LogP contribution in [-0.4, -0.2) is 103 Å². The molecule has 1 aromatic carbocycles. The van der Waals surface area contributed by atoms with Crippen LogP contribution < -0.4 is 10.1 Å². The number of nitrogens with one attached hydrogen (secondary N) is 1. The Labute approximate surface area is 201 Å². The van der Waals surface area contributed by atoms with Crippen LogP contribution in [0.2, 0.25) is 0 Å². The molecule has 0 radical (unpaired) electrons. The van der Waals surface area contributed by atoms with Crippen LogP contribution in [0.25, 0.3) is 0 Å². The second-order valence-corrected chi connectivity index (χ2v) is 10.7. The highest BCUT2D eigenvalue weighted by atomic mass is 32.2. The number of piperazine rings is 1. The zero-order chi connectivity index (χ0) is 24.0. The fourth-order valence-electron chi connectivity index (χ4n) is 4.87. The number of aryl methyl sites for hydroxylation is 2. The summed E-state index contributed by atoms with van der Waals surface area (Å²) in [4.78, 5) is 17.9. The van der Waals surface area contributed by atoms with E-state index < -0.39 is 11.0 Å². The first-order chi connectivity index (χ1) is 15.8. The van der Waals surface area contributed by atoms with Gasteiger partial charge in [0.15, 0.2) is 0 Å². The van der Waals surface area contributed by atoms with Crippen molar-refractivity contribution in [1.82, 2.24) is 19.4 Å². The zero-order valence-corrected chi connectivity index (χ0v) is 21.6. The van der Waals surface area contributed by atoms with E-state index in [1.54, 1.807) is 11.4 Å². The van der Waals surface area contributed by atoms with Crippen molar-refractivity contribution in [3.8, 4) is 5.75 Å². The van der Waals surface area contributed by atoms with Gasteiger partial charge in [0.1, 0.15) is 23.3 Å². The number of benzene rings is 1. The highest BCUT2D eigenvalue weighted by molar-refractivity contribution is 7.82. The van der Waals surface area contributed by atoms with E-state index in [0.29, 0.717) is 19.2 Å². The minimum atomic E-state index is -1.30. The maximum Gasteiger partial charge on any atom is 0.248 e. The molecule has 2 fully saturated rings. The monoisotopic (exact) mass is 480 g/mol. The SMILES string of the molecule is COc1cc(C)c(S(=O)N(C)CCOCC(=O)N(C)C2CC[C@H](N3CCNCC3)C2)c(C)c1. The summed E-state index contributed by atoms with van der Waals surface area (Å²) in [6.07, 6.45) is 3.26. The van der Waals surface area contributed by atoms with Crippen LogP contribution in [0.5, 0.6) is 5.75 Å². The van der Waals surface area contributed by atoms with Gasteiger partial charge in [-0.3, -0.25) is 9.69 Å². The fourth-order valence-corrected chi connectivity index (χ4v) is 6.09. The number of rotatable bonds is 10. The van der Waals surface area contributed by atoms with Crippen molar-refractivity contribution in [3.63, 3.8) is 0 Å². The molecule has 0 aromatic heterocycles. The lowest BCUT2D eigenvalue weighted by Crippen LogP contribution is -2.48. The van der Waals surface area contributed by atoms with Gasteiger partial charge in [-0.2, -0.15) is 0 Å². The minimum Gasteiger partial charge on any atom is -0.497 e. The smallest absolute Gasteiger partial charge is 0.248 e.